The molecule has 1 unspecified atom stereocenters. The van der Waals surface area contributed by atoms with Crippen LogP contribution in [0.25, 0.3) is 10.8 Å². The molecule has 0 aliphatic heterocycles. The van der Waals surface area contributed by atoms with Gasteiger partial charge in [-0.25, -0.2) is 4.57 Å². The molecule has 0 saturated carbocycles. The van der Waals surface area contributed by atoms with Gasteiger partial charge in [-0.3, -0.25) is 0 Å². The average Bonchev–Trinajstić information content (AvgIpc) is 2.80. The Morgan fingerprint density at radius 3 is 1.78 bits per heavy atom. The monoisotopic (exact) mass is 460 g/mol. The number of benzene rings is 2. The second kappa shape index (κ2) is 16.3. The van der Waals surface area contributed by atoms with Gasteiger partial charge in [0.15, 0.2) is 0 Å². The first-order valence-corrected chi connectivity index (χ1v) is 14.8. The van der Waals surface area contributed by atoms with E-state index in [-0.39, 0.29) is 0 Å². The van der Waals surface area contributed by atoms with Gasteiger partial charge in [-0.1, -0.05) is 127 Å². The Morgan fingerprint density at radius 1 is 0.656 bits per heavy atom. The van der Waals surface area contributed by atoms with Crippen molar-refractivity contribution in [2.75, 3.05) is 12.8 Å². The number of hydrogen-bond acceptors (Lipinski definition) is 3. The molecule has 0 amide bonds. The third-order valence-corrected chi connectivity index (χ3v) is 8.09. The first-order chi connectivity index (χ1) is 15.7. The minimum absolute atomic E-state index is 0.403. The van der Waals surface area contributed by atoms with Crippen molar-refractivity contribution in [2.24, 2.45) is 0 Å². The van der Waals surface area contributed by atoms with Crippen LogP contribution < -0.4 is 4.52 Å². The maximum absolute atomic E-state index is 13.3. The minimum atomic E-state index is -3.13. The van der Waals surface area contributed by atoms with Gasteiger partial charge in [0.1, 0.15) is 5.75 Å². The van der Waals surface area contributed by atoms with Gasteiger partial charge >= 0.3 is 7.60 Å². The first kappa shape index (κ1) is 26.9. The van der Waals surface area contributed by atoms with Crippen LogP contribution in [0.5, 0.6) is 5.75 Å². The quantitative estimate of drug-likeness (QED) is 0.154. The molecule has 0 fully saturated rings. The van der Waals surface area contributed by atoms with E-state index in [1.165, 1.54) is 77.0 Å². The van der Waals surface area contributed by atoms with E-state index in [4.69, 9.17) is 9.05 Å². The zero-order chi connectivity index (χ0) is 22.9. The molecule has 2 aromatic carbocycles. The van der Waals surface area contributed by atoms with Crippen molar-refractivity contribution in [3.05, 3.63) is 42.5 Å². The molecule has 4 heteroatoms. The highest BCUT2D eigenvalue weighted by Crippen LogP contribution is 2.50. The van der Waals surface area contributed by atoms with Crippen LogP contribution in [0.2, 0.25) is 0 Å². The van der Waals surface area contributed by atoms with Gasteiger partial charge in [0.05, 0.1) is 12.8 Å². The lowest BCUT2D eigenvalue weighted by Crippen LogP contribution is -2.03. The van der Waals surface area contributed by atoms with Crippen molar-refractivity contribution in [3.63, 3.8) is 0 Å². The predicted molar refractivity (Wildman–Crippen MR) is 139 cm³/mol. The fourth-order valence-corrected chi connectivity index (χ4v) is 5.99. The molecule has 0 aromatic heterocycles. The third kappa shape index (κ3) is 10.5. The zero-order valence-electron chi connectivity index (χ0n) is 20.5. The molecular formula is C28H45O3P. The van der Waals surface area contributed by atoms with E-state index < -0.39 is 7.60 Å². The van der Waals surface area contributed by atoms with Crippen LogP contribution in [-0.4, -0.2) is 12.8 Å². The highest BCUT2D eigenvalue weighted by molar-refractivity contribution is 7.54. The van der Waals surface area contributed by atoms with Gasteiger partial charge in [-0.05, 0) is 24.8 Å². The normalized spacial score (nSPS) is 13.3. The predicted octanol–water partition coefficient (Wildman–Crippen LogP) is 9.93. The summed E-state index contributed by atoms with van der Waals surface area (Å²) in [4.78, 5) is 0. The van der Waals surface area contributed by atoms with Crippen molar-refractivity contribution in [3.8, 4) is 5.75 Å². The Hall–Kier alpha value is -1.31. The van der Waals surface area contributed by atoms with E-state index >= 15 is 0 Å². The molecule has 0 aliphatic rings. The summed E-state index contributed by atoms with van der Waals surface area (Å²) in [7, 11) is -3.13. The number of fused-ring (bicyclic) bond motifs is 1. The molecule has 0 saturated heterocycles. The van der Waals surface area contributed by atoms with Crippen LogP contribution >= 0.6 is 7.60 Å². The van der Waals surface area contributed by atoms with E-state index in [0.29, 0.717) is 18.5 Å². The van der Waals surface area contributed by atoms with Gasteiger partial charge in [0, 0.05) is 5.39 Å². The standard InChI is InChI=1S/C28H45O3P/c1-3-5-6-7-8-9-10-11-12-13-14-15-16-19-25-32(29,30-4-2)31-28-24-20-22-26-21-17-18-23-27(26)28/h17-18,20-24H,3-16,19,25H2,1-2H3. The van der Waals surface area contributed by atoms with Crippen molar-refractivity contribution < 1.29 is 13.6 Å². The van der Waals surface area contributed by atoms with Gasteiger partial charge in [0.25, 0.3) is 0 Å². The summed E-state index contributed by atoms with van der Waals surface area (Å²) in [6.07, 6.45) is 18.8. The fraction of sp³-hybridized carbons (Fsp3) is 0.643. The highest BCUT2D eigenvalue weighted by atomic mass is 31.2. The molecule has 0 radical (unpaired) electrons. The average molecular weight is 461 g/mol. The highest BCUT2D eigenvalue weighted by Gasteiger charge is 2.25. The van der Waals surface area contributed by atoms with Crippen molar-refractivity contribution >= 4 is 18.4 Å². The van der Waals surface area contributed by atoms with Crippen molar-refractivity contribution in [1.82, 2.24) is 0 Å². The Labute approximate surface area is 196 Å². The topological polar surface area (TPSA) is 35.5 Å². The summed E-state index contributed by atoms with van der Waals surface area (Å²) in [5.74, 6) is 0.658. The molecule has 0 aliphatic carbocycles. The van der Waals surface area contributed by atoms with E-state index in [9.17, 15) is 4.57 Å². The lowest BCUT2D eigenvalue weighted by atomic mass is 10.0. The summed E-state index contributed by atoms with van der Waals surface area (Å²) in [5.41, 5.74) is 0. The van der Waals surface area contributed by atoms with Crippen LogP contribution in [-0.2, 0) is 9.09 Å². The Morgan fingerprint density at radius 2 is 1.19 bits per heavy atom. The maximum atomic E-state index is 13.3. The molecule has 180 valence electrons. The van der Waals surface area contributed by atoms with Crippen molar-refractivity contribution in [1.29, 1.82) is 0 Å². The molecule has 3 nitrogen and oxygen atoms in total. The van der Waals surface area contributed by atoms with Gasteiger partial charge in [0.2, 0.25) is 0 Å². The van der Waals surface area contributed by atoms with E-state index in [1.807, 2.05) is 49.4 Å². The Kier molecular flexibility index (Phi) is 13.7. The van der Waals surface area contributed by atoms with Gasteiger partial charge in [-0.15, -0.1) is 0 Å². The van der Waals surface area contributed by atoms with Crippen LogP contribution in [0.4, 0.5) is 0 Å². The molecule has 0 bridgehead atoms. The largest absolute Gasteiger partial charge is 0.424 e. The van der Waals surface area contributed by atoms with E-state index in [2.05, 4.69) is 6.92 Å². The Balaban J connectivity index is 1.60. The van der Waals surface area contributed by atoms with Gasteiger partial charge < -0.3 is 9.05 Å². The lowest BCUT2D eigenvalue weighted by molar-refractivity contribution is 0.279. The summed E-state index contributed by atoms with van der Waals surface area (Å²) >= 11 is 0. The second-order valence-corrected chi connectivity index (χ2v) is 11.0. The lowest BCUT2D eigenvalue weighted by Gasteiger charge is -2.19. The third-order valence-electron chi connectivity index (χ3n) is 6.10. The molecule has 1 atom stereocenters. The van der Waals surface area contributed by atoms with Crippen molar-refractivity contribution in [2.45, 2.75) is 104 Å². The van der Waals surface area contributed by atoms with Crippen LogP contribution in [0.1, 0.15) is 104 Å². The van der Waals surface area contributed by atoms with Crippen LogP contribution in [0.15, 0.2) is 42.5 Å². The minimum Gasteiger partial charge on any atom is -0.424 e. The summed E-state index contributed by atoms with van der Waals surface area (Å²) in [5, 5.41) is 2.07. The smallest absolute Gasteiger partial charge is 0.379 e. The van der Waals surface area contributed by atoms with Gasteiger partial charge in [-0.2, -0.15) is 0 Å². The molecule has 2 rings (SSSR count). The van der Waals surface area contributed by atoms with E-state index in [0.717, 1.165) is 23.6 Å². The van der Waals surface area contributed by atoms with Crippen LogP contribution in [0.3, 0.4) is 0 Å². The molecule has 0 N–H and O–H groups in total. The Bertz CT molecular complexity index is 784. The first-order valence-electron chi connectivity index (χ1n) is 13.1. The SMILES string of the molecule is CCCCCCCCCCCCCCCCP(=O)(OCC)Oc1cccc2ccccc12. The number of hydrogen-bond donors (Lipinski definition) is 0. The number of unbranched alkanes of at least 4 members (excludes halogenated alkanes) is 13. The molecular weight excluding hydrogens is 415 g/mol. The maximum Gasteiger partial charge on any atom is 0.379 e. The second-order valence-electron chi connectivity index (χ2n) is 8.92. The summed E-state index contributed by atoms with van der Waals surface area (Å²) in [6.45, 7) is 4.56. The fourth-order valence-electron chi connectivity index (χ4n) is 4.26. The molecule has 32 heavy (non-hydrogen) atoms. The summed E-state index contributed by atoms with van der Waals surface area (Å²) in [6, 6.07) is 13.9. The summed E-state index contributed by atoms with van der Waals surface area (Å²) < 4.78 is 24.9. The molecule has 0 heterocycles. The van der Waals surface area contributed by atoms with E-state index in [1.54, 1.807) is 0 Å². The number of rotatable bonds is 19. The zero-order valence-corrected chi connectivity index (χ0v) is 21.4. The van der Waals surface area contributed by atoms with Crippen LogP contribution in [0, 0.1) is 0 Å². The molecule has 0 spiro atoms. The molecule has 2 aromatic rings.